The van der Waals surface area contributed by atoms with Crippen molar-refractivity contribution in [1.29, 1.82) is 5.26 Å². The molecule has 0 N–H and O–H groups in total. The Labute approximate surface area is 160 Å². The summed E-state index contributed by atoms with van der Waals surface area (Å²) < 4.78 is 29.3. The highest BCUT2D eigenvalue weighted by molar-refractivity contribution is 7.90. The van der Waals surface area contributed by atoms with Crippen molar-refractivity contribution >= 4 is 21.7 Å². The van der Waals surface area contributed by atoms with Gasteiger partial charge in [-0.15, -0.1) is 0 Å². The average Bonchev–Trinajstić information content (AvgIpc) is 3.25. The van der Waals surface area contributed by atoms with Gasteiger partial charge in [-0.2, -0.15) is 18.0 Å². The predicted octanol–water partition coefficient (Wildman–Crippen LogP) is -0.244. The number of nitrogens with zero attached hydrogens (tertiary/aromatic N) is 7. The summed E-state index contributed by atoms with van der Waals surface area (Å²) in [5, 5.41) is 9.04. The molecular weight excluding hydrogens is 366 g/mol. The van der Waals surface area contributed by atoms with E-state index >= 15 is 0 Å². The lowest BCUT2D eigenvalue weighted by Crippen LogP contribution is -2.45. The number of hydrogen-bond donors (Lipinski definition) is 0. The van der Waals surface area contributed by atoms with Gasteiger partial charge in [0, 0.05) is 70.7 Å². The molecule has 3 saturated heterocycles. The summed E-state index contributed by atoms with van der Waals surface area (Å²) in [7, 11) is -1.48. The summed E-state index contributed by atoms with van der Waals surface area (Å²) in [6.45, 7) is 5.70. The minimum absolute atomic E-state index is 0.126. The van der Waals surface area contributed by atoms with E-state index in [0.29, 0.717) is 38.3 Å². The van der Waals surface area contributed by atoms with Gasteiger partial charge in [-0.3, -0.25) is 4.31 Å². The van der Waals surface area contributed by atoms with Gasteiger partial charge >= 0.3 is 10.2 Å². The Morgan fingerprint density at radius 1 is 1.15 bits per heavy atom. The Balaban J connectivity index is 1.52. The standard InChI is InChI=1S/C17H25N7O2S/c1-20-6-8-22(9-7-20)17-12-15(2-4-19-17)23-10-11-24(27(23,25)26)16-3-5-21(13-16)14-18/h2,4,12,16H,3,5-11,13H2,1H3. The number of likely N-dealkylation sites (tertiary alicyclic amines) is 1. The van der Waals surface area contributed by atoms with Gasteiger partial charge in [0.2, 0.25) is 0 Å². The van der Waals surface area contributed by atoms with Gasteiger partial charge in [-0.1, -0.05) is 0 Å². The lowest BCUT2D eigenvalue weighted by atomic mass is 10.2. The number of piperazine rings is 1. The Morgan fingerprint density at radius 3 is 2.63 bits per heavy atom. The van der Waals surface area contributed by atoms with Crippen LogP contribution in [0.4, 0.5) is 11.5 Å². The Bertz CT molecular complexity index is 832. The molecule has 3 aliphatic rings. The lowest BCUT2D eigenvalue weighted by Gasteiger charge is -2.33. The van der Waals surface area contributed by atoms with Crippen LogP contribution in [-0.4, -0.2) is 93.0 Å². The fourth-order valence-corrected chi connectivity index (χ4v) is 5.83. The van der Waals surface area contributed by atoms with E-state index in [1.165, 1.54) is 4.31 Å². The van der Waals surface area contributed by atoms with Crippen LogP contribution in [0.3, 0.4) is 0 Å². The number of anilines is 2. The summed E-state index contributed by atoms with van der Waals surface area (Å²) in [4.78, 5) is 10.6. The first-order valence-electron chi connectivity index (χ1n) is 9.33. The molecule has 1 unspecified atom stereocenters. The van der Waals surface area contributed by atoms with Crippen LogP contribution in [0.5, 0.6) is 0 Å². The van der Waals surface area contributed by atoms with Crippen LogP contribution < -0.4 is 9.21 Å². The first-order chi connectivity index (χ1) is 13.0. The van der Waals surface area contributed by atoms with Crippen molar-refractivity contribution in [2.24, 2.45) is 0 Å². The van der Waals surface area contributed by atoms with E-state index in [-0.39, 0.29) is 6.04 Å². The molecule has 0 bridgehead atoms. The number of rotatable bonds is 3. The van der Waals surface area contributed by atoms with E-state index in [4.69, 9.17) is 5.26 Å². The smallest absolute Gasteiger partial charge is 0.304 e. The third-order valence-electron chi connectivity index (χ3n) is 5.65. The van der Waals surface area contributed by atoms with E-state index in [1.807, 2.05) is 6.07 Å². The number of nitriles is 1. The highest BCUT2D eigenvalue weighted by atomic mass is 32.2. The molecule has 27 heavy (non-hydrogen) atoms. The van der Waals surface area contributed by atoms with Crippen LogP contribution in [0, 0.1) is 11.5 Å². The molecule has 0 aliphatic carbocycles. The molecule has 10 heteroatoms. The predicted molar refractivity (Wildman–Crippen MR) is 103 cm³/mol. The molecule has 0 saturated carbocycles. The molecule has 1 aromatic rings. The molecule has 1 aromatic heterocycles. The van der Waals surface area contributed by atoms with Crippen molar-refractivity contribution in [3.8, 4) is 6.19 Å². The maximum atomic E-state index is 13.1. The van der Waals surface area contributed by atoms with Crippen molar-refractivity contribution < 1.29 is 8.42 Å². The molecule has 4 rings (SSSR count). The summed E-state index contributed by atoms with van der Waals surface area (Å²) in [5.74, 6) is 0.825. The van der Waals surface area contributed by atoms with Crippen molar-refractivity contribution in [3.05, 3.63) is 18.3 Å². The zero-order chi connectivity index (χ0) is 19.0. The van der Waals surface area contributed by atoms with Crippen LogP contribution in [0.15, 0.2) is 18.3 Å². The second-order valence-corrected chi connectivity index (χ2v) is 9.15. The highest BCUT2D eigenvalue weighted by Gasteiger charge is 2.43. The van der Waals surface area contributed by atoms with Crippen LogP contribution in [0.25, 0.3) is 0 Å². The van der Waals surface area contributed by atoms with Crippen molar-refractivity contribution in [2.45, 2.75) is 12.5 Å². The second kappa shape index (κ2) is 7.14. The van der Waals surface area contributed by atoms with Gasteiger partial charge < -0.3 is 14.7 Å². The SMILES string of the molecule is CN1CCN(c2cc(N3CCN(C4CCN(C#N)C4)S3(=O)=O)ccn2)CC1. The maximum absolute atomic E-state index is 13.1. The normalized spacial score (nSPS) is 26.5. The number of pyridine rings is 1. The Kier molecular flexibility index (Phi) is 4.84. The summed E-state index contributed by atoms with van der Waals surface area (Å²) in [6, 6.07) is 3.51. The minimum atomic E-state index is -3.58. The van der Waals surface area contributed by atoms with Crippen LogP contribution in [0.1, 0.15) is 6.42 Å². The summed E-state index contributed by atoms with van der Waals surface area (Å²) >= 11 is 0. The van der Waals surface area contributed by atoms with Gasteiger partial charge in [0.1, 0.15) is 5.82 Å². The lowest BCUT2D eigenvalue weighted by molar-refractivity contribution is 0.312. The molecule has 146 valence electrons. The van der Waals surface area contributed by atoms with E-state index in [9.17, 15) is 8.42 Å². The van der Waals surface area contributed by atoms with Crippen LogP contribution in [0.2, 0.25) is 0 Å². The first kappa shape index (κ1) is 18.3. The number of likely N-dealkylation sites (N-methyl/N-ethyl adjacent to an activating group) is 1. The fraction of sp³-hybridized carbons (Fsp3) is 0.647. The second-order valence-electron chi connectivity index (χ2n) is 7.34. The third-order valence-corrected chi connectivity index (χ3v) is 7.68. The van der Waals surface area contributed by atoms with Crippen molar-refractivity contribution in [2.75, 3.05) is 68.6 Å². The fourth-order valence-electron chi connectivity index (χ4n) is 4.02. The molecule has 0 spiro atoms. The molecule has 4 heterocycles. The molecule has 9 nitrogen and oxygen atoms in total. The average molecular weight is 392 g/mol. The topological polar surface area (TPSA) is 87.0 Å². The minimum Gasteiger partial charge on any atom is -0.354 e. The molecule has 0 radical (unpaired) electrons. The zero-order valence-electron chi connectivity index (χ0n) is 15.5. The molecule has 3 aliphatic heterocycles. The number of aromatic nitrogens is 1. The molecule has 3 fully saturated rings. The van der Waals surface area contributed by atoms with Gasteiger partial charge in [-0.05, 0) is 19.5 Å². The summed E-state index contributed by atoms with van der Waals surface area (Å²) in [5.41, 5.74) is 0.663. The first-order valence-corrected chi connectivity index (χ1v) is 10.7. The quantitative estimate of drug-likeness (QED) is 0.657. The zero-order valence-corrected chi connectivity index (χ0v) is 16.3. The molecule has 1 atom stereocenters. The van der Waals surface area contributed by atoms with Gasteiger partial charge in [-0.25, -0.2) is 4.98 Å². The summed E-state index contributed by atoms with van der Waals surface area (Å²) in [6.07, 6.45) is 4.50. The van der Waals surface area contributed by atoms with E-state index in [0.717, 1.165) is 32.0 Å². The molecule has 0 amide bonds. The number of hydrogen-bond acceptors (Lipinski definition) is 7. The molecular formula is C17H25N7O2S. The monoisotopic (exact) mass is 391 g/mol. The highest BCUT2D eigenvalue weighted by Crippen LogP contribution is 2.31. The third kappa shape index (κ3) is 3.42. The largest absolute Gasteiger partial charge is 0.354 e. The Hall–Kier alpha value is -2.09. The van der Waals surface area contributed by atoms with Crippen molar-refractivity contribution in [1.82, 2.24) is 19.1 Å². The van der Waals surface area contributed by atoms with E-state index in [1.54, 1.807) is 21.5 Å². The van der Waals surface area contributed by atoms with Crippen LogP contribution >= 0.6 is 0 Å². The van der Waals surface area contributed by atoms with Gasteiger partial charge in [0.15, 0.2) is 6.19 Å². The Morgan fingerprint density at radius 2 is 1.93 bits per heavy atom. The van der Waals surface area contributed by atoms with E-state index in [2.05, 4.69) is 28.0 Å². The van der Waals surface area contributed by atoms with E-state index < -0.39 is 10.2 Å². The van der Waals surface area contributed by atoms with Gasteiger partial charge in [0.25, 0.3) is 0 Å². The van der Waals surface area contributed by atoms with Crippen LogP contribution in [-0.2, 0) is 10.2 Å². The molecule has 0 aromatic carbocycles. The van der Waals surface area contributed by atoms with Gasteiger partial charge in [0.05, 0.1) is 5.69 Å². The maximum Gasteiger partial charge on any atom is 0.304 e. The van der Waals surface area contributed by atoms with Crippen molar-refractivity contribution in [3.63, 3.8) is 0 Å².